The van der Waals surface area contributed by atoms with Gasteiger partial charge in [-0.1, -0.05) is 18.7 Å². The van der Waals surface area contributed by atoms with E-state index in [1.165, 1.54) is 21.3 Å². The summed E-state index contributed by atoms with van der Waals surface area (Å²) in [5, 5.41) is 0. The van der Waals surface area contributed by atoms with Gasteiger partial charge in [0.1, 0.15) is 47.0 Å². The summed E-state index contributed by atoms with van der Waals surface area (Å²) in [7, 11) is 4.56. The van der Waals surface area contributed by atoms with E-state index in [1.54, 1.807) is 36.4 Å². The van der Waals surface area contributed by atoms with Gasteiger partial charge in [-0.3, -0.25) is 4.79 Å². The molecule has 1 heterocycles. The third-order valence-electron chi connectivity index (χ3n) is 4.67. The Morgan fingerprint density at radius 3 is 2.18 bits per heavy atom. The van der Waals surface area contributed by atoms with Crippen molar-refractivity contribution < 1.29 is 42.7 Å². The van der Waals surface area contributed by atoms with Crippen LogP contribution in [0.4, 0.5) is 0 Å². The van der Waals surface area contributed by atoms with E-state index >= 15 is 0 Å². The number of ether oxygens (including phenoxy) is 8. The van der Waals surface area contributed by atoms with Crippen LogP contribution in [0.25, 0.3) is 0 Å². The minimum atomic E-state index is -0.685. The van der Waals surface area contributed by atoms with Crippen LogP contribution in [0.5, 0.6) is 28.7 Å². The summed E-state index contributed by atoms with van der Waals surface area (Å²) >= 11 is 0. The zero-order valence-corrected chi connectivity index (χ0v) is 19.0. The number of benzene rings is 2. The summed E-state index contributed by atoms with van der Waals surface area (Å²) in [6.07, 6.45) is 0.955. The molecule has 0 aliphatic carbocycles. The van der Waals surface area contributed by atoms with Crippen molar-refractivity contribution in [3.8, 4) is 28.7 Å². The number of methoxy groups -OCH3 is 3. The SMILES string of the molecule is C=CCOc1cc(OCOC)cc2c1C(=O)CC(c1c(OCOC)cccc1OCOC)O2. The predicted octanol–water partition coefficient (Wildman–Crippen LogP) is 3.91. The third kappa shape index (κ3) is 5.95. The standard InChI is InChI=1S/C24H28O9/c1-5-9-29-20-10-16(30-13-26-2)11-21-23(20)17(25)12-22(33-21)24-18(31-14-27-3)7-6-8-19(24)32-15-28-4/h5-8,10-11,22H,1,9,12-15H2,2-4H3. The molecule has 0 N–H and O–H groups in total. The fourth-order valence-electron chi connectivity index (χ4n) is 3.37. The number of hydrogen-bond donors (Lipinski definition) is 0. The van der Waals surface area contributed by atoms with Crippen molar-refractivity contribution in [1.29, 1.82) is 0 Å². The molecule has 2 aromatic carbocycles. The fourth-order valence-corrected chi connectivity index (χ4v) is 3.37. The molecule has 9 nitrogen and oxygen atoms in total. The molecule has 33 heavy (non-hydrogen) atoms. The molecule has 0 amide bonds. The van der Waals surface area contributed by atoms with Crippen LogP contribution in [0.2, 0.25) is 0 Å². The van der Waals surface area contributed by atoms with Crippen molar-refractivity contribution in [1.82, 2.24) is 0 Å². The van der Waals surface area contributed by atoms with E-state index in [2.05, 4.69) is 6.58 Å². The molecule has 0 saturated carbocycles. The second-order valence-corrected chi connectivity index (χ2v) is 6.95. The molecule has 178 valence electrons. The summed E-state index contributed by atoms with van der Waals surface area (Å²) < 4.78 is 44.1. The molecule has 0 aromatic heterocycles. The number of carbonyl (C=O) groups is 1. The van der Waals surface area contributed by atoms with E-state index in [4.69, 9.17) is 37.9 Å². The molecule has 0 fully saturated rings. The minimum absolute atomic E-state index is 0.0204. The third-order valence-corrected chi connectivity index (χ3v) is 4.67. The molecule has 0 spiro atoms. The Morgan fingerprint density at radius 2 is 1.58 bits per heavy atom. The van der Waals surface area contributed by atoms with Crippen molar-refractivity contribution >= 4 is 5.78 Å². The van der Waals surface area contributed by atoms with Gasteiger partial charge < -0.3 is 37.9 Å². The van der Waals surface area contributed by atoms with Crippen LogP contribution in [-0.2, 0) is 14.2 Å². The van der Waals surface area contributed by atoms with E-state index in [0.717, 1.165) is 0 Å². The number of carbonyl (C=O) groups excluding carboxylic acids is 1. The Hall–Kier alpha value is -3.27. The topological polar surface area (TPSA) is 90.9 Å². The van der Waals surface area contributed by atoms with Crippen LogP contribution in [0.1, 0.15) is 28.4 Å². The van der Waals surface area contributed by atoms with Crippen molar-refractivity contribution in [3.63, 3.8) is 0 Å². The van der Waals surface area contributed by atoms with E-state index in [-0.39, 0.29) is 39.2 Å². The Morgan fingerprint density at radius 1 is 0.939 bits per heavy atom. The number of ketones is 1. The van der Waals surface area contributed by atoms with Crippen molar-refractivity contribution in [2.75, 3.05) is 48.3 Å². The maximum atomic E-state index is 13.2. The van der Waals surface area contributed by atoms with Gasteiger partial charge in [-0.05, 0) is 12.1 Å². The fraction of sp³-hybridized carbons (Fsp3) is 0.375. The van der Waals surface area contributed by atoms with Crippen LogP contribution in [0.3, 0.4) is 0 Å². The average Bonchev–Trinajstić information content (AvgIpc) is 2.82. The lowest BCUT2D eigenvalue weighted by atomic mass is 9.94. The maximum absolute atomic E-state index is 13.2. The highest BCUT2D eigenvalue weighted by Crippen LogP contribution is 2.46. The molecule has 1 aliphatic heterocycles. The van der Waals surface area contributed by atoms with E-state index < -0.39 is 6.10 Å². The molecule has 0 bridgehead atoms. The predicted molar refractivity (Wildman–Crippen MR) is 118 cm³/mol. The monoisotopic (exact) mass is 460 g/mol. The largest absolute Gasteiger partial charge is 0.488 e. The number of fused-ring (bicyclic) bond motifs is 1. The lowest BCUT2D eigenvalue weighted by Gasteiger charge is -2.29. The first kappa shape index (κ1) is 24.4. The first-order valence-electron chi connectivity index (χ1n) is 10.2. The van der Waals surface area contributed by atoms with Gasteiger partial charge in [0.15, 0.2) is 26.2 Å². The van der Waals surface area contributed by atoms with Crippen LogP contribution in [-0.4, -0.2) is 54.1 Å². The van der Waals surface area contributed by atoms with Crippen LogP contribution in [0.15, 0.2) is 43.0 Å². The maximum Gasteiger partial charge on any atom is 0.188 e. The van der Waals surface area contributed by atoms with Gasteiger partial charge in [0.2, 0.25) is 0 Å². The van der Waals surface area contributed by atoms with Crippen LogP contribution < -0.4 is 23.7 Å². The number of hydrogen-bond acceptors (Lipinski definition) is 9. The molecular formula is C24H28O9. The Labute approximate surface area is 192 Å². The summed E-state index contributed by atoms with van der Waals surface area (Å²) in [5.41, 5.74) is 0.912. The molecule has 3 rings (SSSR count). The zero-order valence-electron chi connectivity index (χ0n) is 19.0. The molecule has 9 heteroatoms. The van der Waals surface area contributed by atoms with Crippen LogP contribution in [0, 0.1) is 0 Å². The highest BCUT2D eigenvalue weighted by atomic mass is 16.7. The van der Waals surface area contributed by atoms with Crippen molar-refractivity contribution in [3.05, 3.63) is 54.1 Å². The Balaban J connectivity index is 2.03. The summed E-state index contributed by atoms with van der Waals surface area (Å²) in [6.45, 7) is 3.95. The Bertz CT molecular complexity index is 931. The molecule has 0 saturated heterocycles. The smallest absolute Gasteiger partial charge is 0.188 e. The van der Waals surface area contributed by atoms with Crippen LogP contribution >= 0.6 is 0 Å². The molecule has 1 atom stereocenters. The Kier molecular flexibility index (Phi) is 8.94. The first-order chi connectivity index (χ1) is 16.1. The second-order valence-electron chi connectivity index (χ2n) is 6.95. The van der Waals surface area contributed by atoms with Gasteiger partial charge in [-0.15, -0.1) is 0 Å². The lowest BCUT2D eigenvalue weighted by Crippen LogP contribution is -2.23. The van der Waals surface area contributed by atoms with E-state index in [9.17, 15) is 4.79 Å². The quantitative estimate of drug-likeness (QED) is 0.326. The molecule has 2 aromatic rings. The van der Waals surface area contributed by atoms with Gasteiger partial charge in [-0.2, -0.15) is 0 Å². The highest BCUT2D eigenvalue weighted by Gasteiger charge is 2.35. The van der Waals surface area contributed by atoms with Gasteiger partial charge in [-0.25, -0.2) is 0 Å². The molecular weight excluding hydrogens is 432 g/mol. The normalized spacial score (nSPS) is 14.8. The first-order valence-corrected chi connectivity index (χ1v) is 10.2. The van der Waals surface area contributed by atoms with Gasteiger partial charge in [0.25, 0.3) is 0 Å². The minimum Gasteiger partial charge on any atom is -0.488 e. The summed E-state index contributed by atoms with van der Waals surface area (Å²) in [4.78, 5) is 13.2. The van der Waals surface area contributed by atoms with Crippen molar-refractivity contribution in [2.45, 2.75) is 12.5 Å². The molecule has 1 aliphatic rings. The van der Waals surface area contributed by atoms with E-state index in [0.29, 0.717) is 39.9 Å². The average molecular weight is 460 g/mol. The number of rotatable bonds is 13. The van der Waals surface area contributed by atoms with Gasteiger partial charge in [0.05, 0.1) is 12.0 Å². The molecule has 0 radical (unpaired) electrons. The summed E-state index contributed by atoms with van der Waals surface area (Å²) in [5.74, 6) is 1.90. The zero-order chi connectivity index (χ0) is 23.6. The molecule has 1 unspecified atom stereocenters. The van der Waals surface area contributed by atoms with Gasteiger partial charge in [0, 0.05) is 33.5 Å². The summed E-state index contributed by atoms with van der Waals surface area (Å²) in [6, 6.07) is 8.55. The van der Waals surface area contributed by atoms with E-state index in [1.807, 2.05) is 0 Å². The second kappa shape index (κ2) is 12.1. The number of Topliss-reactive ketones (excluding diaryl/α,β-unsaturated/α-hetero) is 1. The van der Waals surface area contributed by atoms with Gasteiger partial charge >= 0.3 is 0 Å². The van der Waals surface area contributed by atoms with Crippen molar-refractivity contribution in [2.24, 2.45) is 0 Å². The highest BCUT2D eigenvalue weighted by molar-refractivity contribution is 6.03. The lowest BCUT2D eigenvalue weighted by molar-refractivity contribution is 0.0400.